The van der Waals surface area contributed by atoms with Crippen LogP contribution in [-0.2, 0) is 10.8 Å². The van der Waals surface area contributed by atoms with E-state index in [2.05, 4.69) is 37.9 Å². The van der Waals surface area contributed by atoms with Crippen molar-refractivity contribution in [1.82, 2.24) is 4.98 Å². The van der Waals surface area contributed by atoms with Gasteiger partial charge in [-0.1, -0.05) is 67.5 Å². The number of aromatic amines is 1. The molecule has 0 aliphatic heterocycles. The summed E-state index contributed by atoms with van der Waals surface area (Å²) >= 11 is -0.826. The molecule has 0 aliphatic rings. The predicted octanol–water partition coefficient (Wildman–Crippen LogP) is 8.52. The topological polar surface area (TPSA) is 128 Å². The Morgan fingerprint density at radius 3 is 1.89 bits per heavy atom. The summed E-state index contributed by atoms with van der Waals surface area (Å²) in [7, 11) is 9.87. The van der Waals surface area contributed by atoms with E-state index < -0.39 is 34.2 Å². The van der Waals surface area contributed by atoms with E-state index in [0.717, 1.165) is 17.3 Å². The van der Waals surface area contributed by atoms with Gasteiger partial charge in [0.15, 0.2) is 0 Å². The van der Waals surface area contributed by atoms with Gasteiger partial charge < -0.3 is 10.7 Å². The Labute approximate surface area is 241 Å². The van der Waals surface area contributed by atoms with E-state index in [1.807, 2.05) is 53.0 Å². The summed E-state index contributed by atoms with van der Waals surface area (Å²) in [6, 6.07) is 8.86. The Hall–Kier alpha value is -2.30. The van der Waals surface area contributed by atoms with Gasteiger partial charge in [0.1, 0.15) is 0 Å². The molecular formula is C27H36Cl2N4O4Sn. The Kier molecular flexibility index (Phi) is 12.6. The van der Waals surface area contributed by atoms with E-state index in [1.54, 1.807) is 12.1 Å². The predicted molar refractivity (Wildman–Crippen MR) is 161 cm³/mol. The zero-order chi connectivity index (χ0) is 29.4. The minimum atomic E-state index is -0.826. The first-order valence-electron chi connectivity index (χ1n) is 11.9. The van der Waals surface area contributed by atoms with E-state index in [9.17, 15) is 20.2 Å². The van der Waals surface area contributed by atoms with Gasteiger partial charge in [0.25, 0.3) is 11.4 Å². The van der Waals surface area contributed by atoms with Crippen molar-refractivity contribution in [3.63, 3.8) is 0 Å². The molecule has 3 aromatic rings. The van der Waals surface area contributed by atoms with Crippen molar-refractivity contribution in [2.45, 2.75) is 66.2 Å². The van der Waals surface area contributed by atoms with Gasteiger partial charge in [0.05, 0.1) is 21.5 Å². The minimum absolute atomic E-state index is 0.107. The van der Waals surface area contributed by atoms with Crippen LogP contribution >= 0.6 is 17.8 Å². The van der Waals surface area contributed by atoms with Crippen molar-refractivity contribution in [1.29, 1.82) is 0 Å². The monoisotopic (exact) mass is 670 g/mol. The van der Waals surface area contributed by atoms with Gasteiger partial charge in [0.2, 0.25) is 0 Å². The second kappa shape index (κ2) is 14.2. The molecule has 0 atom stereocenters. The van der Waals surface area contributed by atoms with Crippen molar-refractivity contribution < 1.29 is 9.85 Å². The van der Waals surface area contributed by atoms with Crippen LogP contribution in [-0.4, -0.2) is 33.7 Å². The van der Waals surface area contributed by atoms with Gasteiger partial charge in [-0.25, -0.2) is 0 Å². The molecule has 1 heterocycles. The number of allylic oxidation sites excluding steroid dienone is 1. The standard InChI is InChI=1S/C15H20N2O4.C12H16N2.2ClH.Sn/c1-10(2)6-7-11-8-12(15(3,4)5)14(17(20)21)9-13(11)16(18)19;1-12(2,3)9-6-8-4-5-14-11(8)7-10(9)13;;;/h6-10H,1-5H3;4-7,14H,13H2,1-3H3;2*1H;/q;;;;+2/p-2/b7-6+;;;;. The number of H-pyrrole nitrogens is 1. The molecule has 3 N–H and O–H groups in total. The van der Waals surface area contributed by atoms with Crippen LogP contribution in [0.5, 0.6) is 0 Å². The molecule has 2 aromatic carbocycles. The summed E-state index contributed by atoms with van der Waals surface area (Å²) in [5, 5.41) is 23.6. The van der Waals surface area contributed by atoms with Crippen molar-refractivity contribution in [2.75, 3.05) is 5.73 Å². The molecule has 38 heavy (non-hydrogen) atoms. The molecule has 11 heteroatoms. The summed E-state index contributed by atoms with van der Waals surface area (Å²) in [5.41, 5.74) is 9.26. The molecular weight excluding hydrogens is 634 g/mol. The molecule has 2 radical (unpaired) electrons. The molecule has 206 valence electrons. The maximum absolute atomic E-state index is 11.2. The molecule has 0 aliphatic carbocycles. The van der Waals surface area contributed by atoms with Crippen LogP contribution in [0, 0.1) is 26.1 Å². The molecule has 0 fully saturated rings. The Balaban J connectivity index is 0.000000364. The van der Waals surface area contributed by atoms with Gasteiger partial charge in [-0.2, -0.15) is 0 Å². The zero-order valence-electron chi connectivity index (χ0n) is 23.1. The average molecular weight is 670 g/mol. The SMILES string of the molecule is CC(C)(C)c1cc2cc[nH]c2cc1N.CC(C)/C=C/c1cc(C(C)(C)C)c([N+](=O)[O-])cc1[N+](=O)[O-].[Cl][Sn][Cl]. The second-order valence-electron chi connectivity index (χ2n) is 11.1. The first-order valence-corrected chi connectivity index (χ1v) is 19.2. The molecule has 0 unspecified atom stereocenters. The van der Waals surface area contributed by atoms with Crippen molar-refractivity contribution in [3.8, 4) is 0 Å². The van der Waals surface area contributed by atoms with Crippen LogP contribution in [0.3, 0.4) is 0 Å². The van der Waals surface area contributed by atoms with Crippen molar-refractivity contribution in [2.24, 2.45) is 5.92 Å². The second-order valence-corrected chi connectivity index (χ2v) is 15.4. The molecule has 0 spiro atoms. The molecule has 0 amide bonds. The van der Waals surface area contributed by atoms with Crippen LogP contribution in [0.4, 0.5) is 17.1 Å². The van der Waals surface area contributed by atoms with E-state index in [-0.39, 0.29) is 22.7 Å². The molecule has 0 saturated carbocycles. The molecule has 0 saturated heterocycles. The number of halogens is 2. The number of aromatic nitrogens is 1. The Morgan fingerprint density at radius 2 is 1.45 bits per heavy atom. The van der Waals surface area contributed by atoms with Crippen molar-refractivity contribution >= 4 is 70.8 Å². The van der Waals surface area contributed by atoms with Crippen LogP contribution in [0.25, 0.3) is 17.0 Å². The third kappa shape index (κ3) is 9.78. The molecule has 1 aromatic heterocycles. The number of rotatable bonds is 4. The summed E-state index contributed by atoms with van der Waals surface area (Å²) in [6.07, 6.45) is 5.43. The van der Waals surface area contributed by atoms with Gasteiger partial charge in [0, 0.05) is 23.0 Å². The first kappa shape index (κ1) is 33.7. The van der Waals surface area contributed by atoms with Crippen LogP contribution in [0.1, 0.15) is 72.1 Å². The normalized spacial score (nSPS) is 11.7. The average Bonchev–Trinajstić information content (AvgIpc) is 3.23. The quantitative estimate of drug-likeness (QED) is 0.125. The number of fused-ring (bicyclic) bond motifs is 1. The zero-order valence-corrected chi connectivity index (χ0v) is 27.4. The summed E-state index contributed by atoms with van der Waals surface area (Å²) in [6.45, 7) is 16.0. The van der Waals surface area contributed by atoms with Crippen molar-refractivity contribution in [3.05, 3.63) is 79.5 Å². The molecule has 0 bridgehead atoms. The third-order valence-corrected chi connectivity index (χ3v) is 5.54. The number of hydrogen-bond acceptors (Lipinski definition) is 5. The summed E-state index contributed by atoms with van der Waals surface area (Å²) in [5.74, 6) is 0.234. The summed E-state index contributed by atoms with van der Waals surface area (Å²) in [4.78, 5) is 24.3. The van der Waals surface area contributed by atoms with E-state index in [0.29, 0.717) is 11.1 Å². The van der Waals surface area contributed by atoms with Crippen LogP contribution < -0.4 is 5.73 Å². The van der Waals surface area contributed by atoms with E-state index in [1.165, 1.54) is 10.9 Å². The fourth-order valence-corrected chi connectivity index (χ4v) is 3.70. The van der Waals surface area contributed by atoms with Crippen LogP contribution in [0.15, 0.2) is 42.6 Å². The van der Waals surface area contributed by atoms with E-state index in [4.69, 9.17) is 23.6 Å². The fraction of sp³-hybridized carbons (Fsp3) is 0.407. The number of nitrogen functional groups attached to an aromatic ring is 1. The number of benzene rings is 2. The van der Waals surface area contributed by atoms with Crippen LogP contribution in [0.2, 0.25) is 0 Å². The van der Waals surface area contributed by atoms with Gasteiger partial charge >= 0.3 is 36.7 Å². The number of nitrogens with zero attached hydrogens (tertiary/aromatic N) is 2. The van der Waals surface area contributed by atoms with Gasteiger partial charge in [-0.05, 0) is 52.0 Å². The number of hydrogen-bond donors (Lipinski definition) is 2. The Morgan fingerprint density at radius 1 is 0.921 bits per heavy atom. The molecule has 8 nitrogen and oxygen atoms in total. The maximum atomic E-state index is 11.2. The number of nitrogens with two attached hydrogens (primary N) is 1. The Bertz CT molecular complexity index is 1290. The number of nitrogens with one attached hydrogen (secondary N) is 1. The number of nitro benzene ring substituents is 2. The fourth-order valence-electron chi connectivity index (χ4n) is 3.70. The van der Waals surface area contributed by atoms with Gasteiger partial charge in [-0.15, -0.1) is 0 Å². The van der Waals surface area contributed by atoms with Gasteiger partial charge in [-0.3, -0.25) is 20.2 Å². The van der Waals surface area contributed by atoms with E-state index >= 15 is 0 Å². The molecule has 3 rings (SSSR count). The first-order chi connectivity index (χ1) is 17.4. The third-order valence-electron chi connectivity index (χ3n) is 5.54. The number of anilines is 1. The number of nitro groups is 2. The summed E-state index contributed by atoms with van der Waals surface area (Å²) < 4.78 is 0.